The third-order valence-electron chi connectivity index (χ3n) is 1.83. The number of hydrogen-bond donors (Lipinski definition) is 2. The molecule has 1 aromatic rings. The molecule has 70 valence electrons. The van der Waals surface area contributed by atoms with E-state index < -0.39 is 11.8 Å². The molecule has 5 nitrogen and oxygen atoms in total. The molecule has 0 spiro atoms. The van der Waals surface area contributed by atoms with Crippen LogP contribution in [0.1, 0.15) is 23.8 Å². The first kappa shape index (κ1) is 9.44. The van der Waals surface area contributed by atoms with Crippen LogP contribution in [-0.4, -0.2) is 21.9 Å². The first-order chi connectivity index (χ1) is 6.16. The van der Waals surface area contributed by atoms with Crippen molar-refractivity contribution in [2.24, 2.45) is 11.7 Å². The van der Waals surface area contributed by atoms with Gasteiger partial charge < -0.3 is 5.73 Å². The number of carbonyl (C=O) groups is 2. The molecule has 5 heteroatoms. The first-order valence-corrected chi connectivity index (χ1v) is 3.99. The molecule has 1 amide bonds. The Morgan fingerprint density at radius 2 is 2.38 bits per heavy atom. The van der Waals surface area contributed by atoms with Gasteiger partial charge in [0.15, 0.2) is 5.78 Å². The van der Waals surface area contributed by atoms with Crippen LogP contribution in [0.25, 0.3) is 0 Å². The maximum absolute atomic E-state index is 11.5. The molecule has 3 N–H and O–H groups in total. The average molecular weight is 181 g/mol. The Morgan fingerprint density at radius 1 is 1.69 bits per heavy atom. The number of nitrogens with one attached hydrogen (secondary N) is 1. The summed E-state index contributed by atoms with van der Waals surface area (Å²) < 4.78 is 0. The predicted octanol–water partition coefficient (Wildman–Crippen LogP) is 0.104. The van der Waals surface area contributed by atoms with E-state index in [4.69, 9.17) is 5.73 Å². The third kappa shape index (κ3) is 1.93. The molecule has 0 fully saturated rings. The Kier molecular flexibility index (Phi) is 2.79. The average Bonchev–Trinajstić information content (AvgIpc) is 2.56. The van der Waals surface area contributed by atoms with E-state index in [9.17, 15) is 9.59 Å². The second kappa shape index (κ2) is 3.84. The van der Waals surface area contributed by atoms with Crippen LogP contribution in [0.2, 0.25) is 0 Å². The number of primary amides is 1. The van der Waals surface area contributed by atoms with Gasteiger partial charge in [0.1, 0.15) is 11.6 Å². The molecule has 1 rings (SSSR count). The van der Waals surface area contributed by atoms with Gasteiger partial charge in [-0.3, -0.25) is 14.7 Å². The van der Waals surface area contributed by atoms with Crippen molar-refractivity contribution in [1.29, 1.82) is 0 Å². The largest absolute Gasteiger partial charge is 0.369 e. The molecule has 0 aliphatic carbocycles. The zero-order valence-electron chi connectivity index (χ0n) is 7.28. The molecular weight excluding hydrogens is 170 g/mol. The fourth-order valence-electron chi connectivity index (χ4n) is 1.10. The van der Waals surface area contributed by atoms with Gasteiger partial charge in [0.25, 0.3) is 0 Å². The summed E-state index contributed by atoms with van der Waals surface area (Å²) in [4.78, 5) is 22.3. The second-order valence-electron chi connectivity index (χ2n) is 2.70. The van der Waals surface area contributed by atoms with Gasteiger partial charge in [0.05, 0.1) is 0 Å². The van der Waals surface area contributed by atoms with Gasteiger partial charge in [-0.1, -0.05) is 6.92 Å². The number of hydrogen-bond acceptors (Lipinski definition) is 3. The summed E-state index contributed by atoms with van der Waals surface area (Å²) in [5.74, 6) is -1.64. The number of H-pyrrole nitrogens is 1. The van der Waals surface area contributed by atoms with Crippen molar-refractivity contribution in [3.63, 3.8) is 0 Å². The van der Waals surface area contributed by atoms with E-state index in [2.05, 4.69) is 10.2 Å². The summed E-state index contributed by atoms with van der Waals surface area (Å²) in [5, 5.41) is 6.12. The number of Topliss-reactive ketones (excluding diaryl/α,β-unsaturated/α-hetero) is 1. The molecule has 0 saturated heterocycles. The summed E-state index contributed by atoms with van der Waals surface area (Å²) in [6.07, 6.45) is 1.87. The summed E-state index contributed by atoms with van der Waals surface area (Å²) in [6.45, 7) is 1.74. The molecule has 1 atom stereocenters. The Labute approximate surface area is 75.3 Å². The molecule has 0 saturated carbocycles. The maximum Gasteiger partial charge on any atom is 0.228 e. The summed E-state index contributed by atoms with van der Waals surface area (Å²) >= 11 is 0. The number of amides is 1. The Balaban J connectivity index is 2.83. The number of nitrogens with zero attached hydrogens (tertiary/aromatic N) is 1. The number of carbonyl (C=O) groups excluding carboxylic acids is 2. The lowest BCUT2D eigenvalue weighted by molar-refractivity contribution is -0.120. The van der Waals surface area contributed by atoms with E-state index >= 15 is 0 Å². The van der Waals surface area contributed by atoms with Crippen LogP contribution in [0.4, 0.5) is 0 Å². The highest BCUT2D eigenvalue weighted by Gasteiger charge is 2.24. The molecule has 13 heavy (non-hydrogen) atoms. The Morgan fingerprint density at radius 3 is 2.77 bits per heavy atom. The molecule has 0 radical (unpaired) electrons. The van der Waals surface area contributed by atoms with Crippen LogP contribution < -0.4 is 5.73 Å². The summed E-state index contributed by atoms with van der Waals surface area (Å²) in [5.41, 5.74) is 5.38. The van der Waals surface area contributed by atoms with Crippen molar-refractivity contribution in [2.75, 3.05) is 0 Å². The van der Waals surface area contributed by atoms with E-state index in [0.717, 1.165) is 0 Å². The van der Waals surface area contributed by atoms with E-state index in [-0.39, 0.29) is 5.78 Å². The topological polar surface area (TPSA) is 88.8 Å². The Bertz CT molecular complexity index is 305. The fourth-order valence-corrected chi connectivity index (χ4v) is 1.10. The molecule has 0 aromatic carbocycles. The van der Waals surface area contributed by atoms with Gasteiger partial charge in [-0.25, -0.2) is 0 Å². The van der Waals surface area contributed by atoms with Crippen molar-refractivity contribution in [3.8, 4) is 0 Å². The SMILES string of the molecule is CCC(C(N)=O)C(=O)c1ccn[nH]1. The van der Waals surface area contributed by atoms with Gasteiger partial charge in [-0.2, -0.15) is 5.10 Å². The van der Waals surface area contributed by atoms with Crippen LogP contribution in [0.15, 0.2) is 12.3 Å². The quantitative estimate of drug-likeness (QED) is 0.510. The number of ketones is 1. The minimum Gasteiger partial charge on any atom is -0.369 e. The van der Waals surface area contributed by atoms with Crippen LogP contribution in [0.5, 0.6) is 0 Å². The van der Waals surface area contributed by atoms with E-state index in [1.54, 1.807) is 6.92 Å². The van der Waals surface area contributed by atoms with Crippen LogP contribution >= 0.6 is 0 Å². The lowest BCUT2D eigenvalue weighted by atomic mass is 9.98. The van der Waals surface area contributed by atoms with E-state index in [0.29, 0.717) is 12.1 Å². The summed E-state index contributed by atoms with van der Waals surface area (Å²) in [7, 11) is 0. The van der Waals surface area contributed by atoms with Gasteiger partial charge in [0.2, 0.25) is 5.91 Å². The highest BCUT2D eigenvalue weighted by Crippen LogP contribution is 2.09. The lowest BCUT2D eigenvalue weighted by Crippen LogP contribution is -2.30. The van der Waals surface area contributed by atoms with Crippen molar-refractivity contribution in [3.05, 3.63) is 18.0 Å². The highest BCUT2D eigenvalue weighted by molar-refractivity contribution is 6.08. The highest BCUT2D eigenvalue weighted by atomic mass is 16.2. The zero-order chi connectivity index (χ0) is 9.84. The first-order valence-electron chi connectivity index (χ1n) is 3.99. The zero-order valence-corrected chi connectivity index (χ0v) is 7.28. The molecule has 0 aliphatic rings. The van der Waals surface area contributed by atoms with Crippen molar-refractivity contribution >= 4 is 11.7 Å². The summed E-state index contributed by atoms with van der Waals surface area (Å²) in [6, 6.07) is 1.52. The molecule has 1 aromatic heterocycles. The lowest BCUT2D eigenvalue weighted by Gasteiger charge is -2.06. The molecular formula is C8H11N3O2. The normalized spacial score (nSPS) is 12.4. The number of aromatic amines is 1. The predicted molar refractivity (Wildman–Crippen MR) is 45.9 cm³/mol. The maximum atomic E-state index is 11.5. The smallest absolute Gasteiger partial charge is 0.228 e. The molecule has 0 bridgehead atoms. The molecule has 1 unspecified atom stereocenters. The number of nitrogens with two attached hydrogens (primary N) is 1. The number of rotatable bonds is 4. The van der Waals surface area contributed by atoms with Crippen molar-refractivity contribution in [2.45, 2.75) is 13.3 Å². The fraction of sp³-hybridized carbons (Fsp3) is 0.375. The van der Waals surface area contributed by atoms with Gasteiger partial charge >= 0.3 is 0 Å². The minimum absolute atomic E-state index is 0.299. The molecule has 1 heterocycles. The Hall–Kier alpha value is -1.65. The standard InChI is InChI=1S/C8H11N3O2/c1-2-5(8(9)13)7(12)6-3-4-10-11-6/h3-5H,2H2,1H3,(H2,9,13)(H,10,11). The van der Waals surface area contributed by atoms with Crippen LogP contribution in [0, 0.1) is 5.92 Å². The minimum atomic E-state index is -0.750. The van der Waals surface area contributed by atoms with E-state index in [1.807, 2.05) is 0 Å². The van der Waals surface area contributed by atoms with Gasteiger partial charge in [-0.15, -0.1) is 0 Å². The molecule has 0 aliphatic heterocycles. The van der Waals surface area contributed by atoms with Gasteiger partial charge in [-0.05, 0) is 12.5 Å². The van der Waals surface area contributed by atoms with Crippen LogP contribution in [0.3, 0.4) is 0 Å². The second-order valence-corrected chi connectivity index (χ2v) is 2.70. The van der Waals surface area contributed by atoms with Crippen LogP contribution in [-0.2, 0) is 4.79 Å². The van der Waals surface area contributed by atoms with E-state index in [1.165, 1.54) is 12.3 Å². The monoisotopic (exact) mass is 181 g/mol. The van der Waals surface area contributed by atoms with Crippen molar-refractivity contribution in [1.82, 2.24) is 10.2 Å². The van der Waals surface area contributed by atoms with Gasteiger partial charge in [0, 0.05) is 6.20 Å². The third-order valence-corrected chi connectivity index (χ3v) is 1.83. The number of aromatic nitrogens is 2. The van der Waals surface area contributed by atoms with Crippen molar-refractivity contribution < 1.29 is 9.59 Å².